The van der Waals surface area contributed by atoms with E-state index < -0.39 is 16.1 Å². The Hall–Kier alpha value is -3.37. The summed E-state index contributed by atoms with van der Waals surface area (Å²) < 4.78 is 38.4. The van der Waals surface area contributed by atoms with Crippen molar-refractivity contribution >= 4 is 27.5 Å². The van der Waals surface area contributed by atoms with Crippen molar-refractivity contribution in [2.75, 3.05) is 32.7 Å². The highest BCUT2D eigenvalue weighted by atomic mass is 32.2. The second kappa shape index (κ2) is 11.6. The van der Waals surface area contributed by atoms with Crippen molar-refractivity contribution < 1.29 is 27.5 Å². The zero-order chi connectivity index (χ0) is 26.5. The Balaban J connectivity index is 2.03. The predicted octanol–water partition coefficient (Wildman–Crippen LogP) is 3.37. The first-order chi connectivity index (χ1) is 17.1. The average molecular weight is 516 g/mol. The summed E-state index contributed by atoms with van der Waals surface area (Å²) in [6, 6.07) is 13.2. The second-order valence-corrected chi connectivity index (χ2v) is 10.6. The van der Waals surface area contributed by atoms with E-state index in [2.05, 4.69) is 0 Å². The maximum Gasteiger partial charge on any atom is 0.251 e. The molecule has 2 aromatic rings. The summed E-state index contributed by atoms with van der Waals surface area (Å²) in [5.41, 5.74) is 1.56. The Morgan fingerprint density at radius 3 is 2.25 bits per heavy atom. The number of sulfonamides is 1. The van der Waals surface area contributed by atoms with Gasteiger partial charge in [-0.25, -0.2) is 8.42 Å². The summed E-state index contributed by atoms with van der Waals surface area (Å²) in [5, 5.41) is 0. The first-order valence-electron chi connectivity index (χ1n) is 11.7. The van der Waals surface area contributed by atoms with Crippen LogP contribution in [-0.2, 0) is 25.4 Å². The minimum atomic E-state index is -3.73. The molecular weight excluding hydrogens is 482 g/mol. The monoisotopic (exact) mass is 515 g/mol. The number of carbonyl (C=O) groups is 2. The first kappa shape index (κ1) is 27.2. The third kappa shape index (κ3) is 6.06. The number of hydrogen-bond acceptors (Lipinski definition) is 6. The predicted molar refractivity (Wildman–Crippen MR) is 138 cm³/mol. The van der Waals surface area contributed by atoms with E-state index in [0.717, 1.165) is 0 Å². The first-order valence-corrected chi connectivity index (χ1v) is 13.3. The molecule has 194 valence electrons. The molecule has 0 N–H and O–H groups in total. The smallest absolute Gasteiger partial charge is 0.251 e. The molecule has 3 rings (SSSR count). The molecule has 1 unspecified atom stereocenters. The van der Waals surface area contributed by atoms with Crippen LogP contribution in [0.2, 0.25) is 0 Å². The van der Waals surface area contributed by atoms with Crippen molar-refractivity contribution in [3.05, 3.63) is 66.0 Å². The van der Waals surface area contributed by atoms with Crippen LogP contribution in [0.25, 0.3) is 0 Å². The van der Waals surface area contributed by atoms with Crippen molar-refractivity contribution in [2.45, 2.75) is 38.5 Å². The van der Waals surface area contributed by atoms with Crippen molar-refractivity contribution in [2.24, 2.45) is 0 Å². The van der Waals surface area contributed by atoms with Gasteiger partial charge in [0.05, 0.1) is 37.4 Å². The topological polar surface area (TPSA) is 96.5 Å². The third-order valence-electron chi connectivity index (χ3n) is 6.12. The SMILES string of the molecule is CCCC(=O)N1CC(=O)N(c2cc(OC)cc(OC)c2)C=C1C(C)N(C)S(=O)(=O)Cc1ccccc1. The number of likely N-dealkylation sites (N-methyl/N-ethyl adjacent to an activating group) is 1. The molecule has 0 radical (unpaired) electrons. The molecule has 0 saturated carbocycles. The van der Waals surface area contributed by atoms with Gasteiger partial charge in [0, 0.05) is 37.9 Å². The quantitative estimate of drug-likeness (QED) is 0.481. The second-order valence-electron chi connectivity index (χ2n) is 8.55. The Labute approximate surface area is 212 Å². The molecule has 2 amide bonds. The molecular formula is C26H33N3O6S. The van der Waals surface area contributed by atoms with Crippen LogP contribution in [0.4, 0.5) is 5.69 Å². The number of anilines is 1. The fourth-order valence-electron chi connectivity index (χ4n) is 3.95. The minimum Gasteiger partial charge on any atom is -0.497 e. The van der Waals surface area contributed by atoms with Crippen LogP contribution in [-0.4, -0.2) is 63.3 Å². The van der Waals surface area contributed by atoms with E-state index in [1.54, 1.807) is 49.4 Å². The Morgan fingerprint density at radius 2 is 1.69 bits per heavy atom. The van der Waals surface area contributed by atoms with Gasteiger partial charge in [-0.2, -0.15) is 4.31 Å². The summed E-state index contributed by atoms with van der Waals surface area (Å²) in [6.45, 7) is 3.38. The molecule has 0 spiro atoms. The summed E-state index contributed by atoms with van der Waals surface area (Å²) >= 11 is 0. The van der Waals surface area contributed by atoms with E-state index in [0.29, 0.717) is 34.9 Å². The molecule has 2 aromatic carbocycles. The van der Waals surface area contributed by atoms with Gasteiger partial charge in [0.2, 0.25) is 15.9 Å². The lowest BCUT2D eigenvalue weighted by Gasteiger charge is -2.38. The van der Waals surface area contributed by atoms with E-state index in [9.17, 15) is 18.0 Å². The summed E-state index contributed by atoms with van der Waals surface area (Å²) in [4.78, 5) is 28.9. The molecule has 1 atom stereocenters. The fraction of sp³-hybridized carbons (Fsp3) is 0.385. The van der Waals surface area contributed by atoms with Gasteiger partial charge in [-0.3, -0.25) is 14.5 Å². The number of ether oxygens (including phenoxy) is 2. The van der Waals surface area contributed by atoms with Gasteiger partial charge in [0.25, 0.3) is 5.91 Å². The van der Waals surface area contributed by atoms with Crippen LogP contribution in [0.15, 0.2) is 60.4 Å². The van der Waals surface area contributed by atoms with Crippen LogP contribution in [0.1, 0.15) is 32.3 Å². The van der Waals surface area contributed by atoms with Crippen molar-refractivity contribution in [3.8, 4) is 11.5 Å². The molecule has 1 heterocycles. The molecule has 9 nitrogen and oxygen atoms in total. The van der Waals surface area contributed by atoms with Gasteiger partial charge >= 0.3 is 0 Å². The Morgan fingerprint density at radius 1 is 1.08 bits per heavy atom. The number of carbonyl (C=O) groups excluding carboxylic acids is 2. The van der Waals surface area contributed by atoms with Gasteiger partial charge in [-0.15, -0.1) is 0 Å². The highest BCUT2D eigenvalue weighted by Crippen LogP contribution is 2.32. The van der Waals surface area contributed by atoms with E-state index in [-0.39, 0.29) is 30.5 Å². The molecule has 1 aliphatic rings. The normalized spacial score (nSPS) is 15.1. The molecule has 1 aliphatic heterocycles. The van der Waals surface area contributed by atoms with E-state index in [4.69, 9.17) is 9.47 Å². The maximum atomic E-state index is 13.3. The lowest BCUT2D eigenvalue weighted by molar-refractivity contribution is -0.134. The highest BCUT2D eigenvalue weighted by Gasteiger charge is 2.36. The number of hydrogen-bond donors (Lipinski definition) is 0. The maximum absolute atomic E-state index is 13.3. The molecule has 0 saturated heterocycles. The number of rotatable bonds is 10. The summed E-state index contributed by atoms with van der Waals surface area (Å²) in [6.07, 6.45) is 2.38. The van der Waals surface area contributed by atoms with Crippen molar-refractivity contribution in [1.29, 1.82) is 0 Å². The Kier molecular flexibility index (Phi) is 8.75. The van der Waals surface area contributed by atoms with E-state index in [1.807, 2.05) is 13.0 Å². The van der Waals surface area contributed by atoms with Crippen LogP contribution >= 0.6 is 0 Å². The fourth-order valence-corrected chi connectivity index (χ4v) is 5.36. The summed E-state index contributed by atoms with van der Waals surface area (Å²) in [7, 11) is 0.782. The van der Waals surface area contributed by atoms with Crippen molar-refractivity contribution in [1.82, 2.24) is 9.21 Å². The van der Waals surface area contributed by atoms with Gasteiger partial charge in [0.15, 0.2) is 0 Å². The van der Waals surface area contributed by atoms with E-state index >= 15 is 0 Å². The Bertz CT molecular complexity index is 1210. The molecule has 0 aliphatic carbocycles. The highest BCUT2D eigenvalue weighted by molar-refractivity contribution is 7.88. The average Bonchev–Trinajstić information content (AvgIpc) is 2.87. The largest absolute Gasteiger partial charge is 0.497 e. The van der Waals surface area contributed by atoms with Crippen LogP contribution in [0.3, 0.4) is 0 Å². The zero-order valence-corrected chi connectivity index (χ0v) is 22.1. The lowest BCUT2D eigenvalue weighted by Crippen LogP contribution is -2.51. The van der Waals surface area contributed by atoms with Crippen LogP contribution in [0.5, 0.6) is 11.5 Å². The number of nitrogens with zero attached hydrogens (tertiary/aromatic N) is 3. The molecule has 0 bridgehead atoms. The third-order valence-corrected chi connectivity index (χ3v) is 8.01. The molecule has 36 heavy (non-hydrogen) atoms. The number of benzene rings is 2. The minimum absolute atomic E-state index is 0.180. The van der Waals surface area contributed by atoms with Gasteiger partial charge < -0.3 is 14.4 Å². The van der Waals surface area contributed by atoms with Crippen LogP contribution < -0.4 is 14.4 Å². The zero-order valence-electron chi connectivity index (χ0n) is 21.3. The standard InChI is InChI=1S/C26H33N3O6S/c1-6-10-25(30)29-17-26(31)28(21-13-22(34-4)15-23(14-21)35-5)16-24(29)19(2)27(3)36(32,33)18-20-11-8-7-9-12-20/h7-9,11-16,19H,6,10,17-18H2,1-5H3. The summed E-state index contributed by atoms with van der Waals surface area (Å²) in [5.74, 6) is 0.237. The number of amides is 2. The number of methoxy groups -OCH3 is 2. The van der Waals surface area contributed by atoms with Gasteiger partial charge in [0.1, 0.15) is 18.0 Å². The molecule has 0 fully saturated rings. The van der Waals surface area contributed by atoms with Crippen LogP contribution in [0, 0.1) is 0 Å². The van der Waals surface area contributed by atoms with Gasteiger partial charge in [-0.05, 0) is 18.9 Å². The van der Waals surface area contributed by atoms with Crippen molar-refractivity contribution in [3.63, 3.8) is 0 Å². The van der Waals surface area contributed by atoms with E-state index in [1.165, 1.54) is 41.6 Å². The van der Waals surface area contributed by atoms with Gasteiger partial charge in [-0.1, -0.05) is 37.3 Å². The molecule has 10 heteroatoms. The lowest BCUT2D eigenvalue weighted by atomic mass is 10.1. The molecule has 0 aromatic heterocycles.